The summed E-state index contributed by atoms with van der Waals surface area (Å²) < 4.78 is 7.75. The molecule has 1 aliphatic rings. The van der Waals surface area contributed by atoms with Gasteiger partial charge in [0, 0.05) is 18.5 Å². The first-order valence-electron chi connectivity index (χ1n) is 5.90. The van der Waals surface area contributed by atoms with E-state index in [0.29, 0.717) is 16.6 Å². The quantitative estimate of drug-likeness (QED) is 0.705. The lowest BCUT2D eigenvalue weighted by Crippen LogP contribution is -1.91. The van der Waals surface area contributed by atoms with Gasteiger partial charge < -0.3 is 4.42 Å². The van der Waals surface area contributed by atoms with E-state index >= 15 is 0 Å². The van der Waals surface area contributed by atoms with Crippen molar-refractivity contribution in [3.63, 3.8) is 0 Å². The maximum absolute atomic E-state index is 6.07. The molecule has 1 saturated carbocycles. The molecule has 3 heterocycles. The van der Waals surface area contributed by atoms with Crippen molar-refractivity contribution in [3.05, 3.63) is 35.7 Å². The van der Waals surface area contributed by atoms with Crippen molar-refractivity contribution in [1.82, 2.24) is 14.8 Å². The molecule has 0 atom stereocenters. The van der Waals surface area contributed by atoms with E-state index in [-0.39, 0.29) is 0 Å². The van der Waals surface area contributed by atoms with Crippen LogP contribution in [0.25, 0.3) is 22.4 Å². The minimum Gasteiger partial charge on any atom is -0.453 e. The van der Waals surface area contributed by atoms with E-state index in [1.165, 1.54) is 12.8 Å². The van der Waals surface area contributed by atoms with E-state index in [2.05, 4.69) is 10.1 Å². The molecule has 18 heavy (non-hydrogen) atoms. The van der Waals surface area contributed by atoms with Gasteiger partial charge >= 0.3 is 0 Å². The zero-order valence-corrected chi connectivity index (χ0v) is 10.3. The number of fused-ring (bicyclic) bond motifs is 1. The Balaban J connectivity index is 1.82. The van der Waals surface area contributed by atoms with Gasteiger partial charge in [0.15, 0.2) is 5.58 Å². The molecule has 90 valence electrons. The van der Waals surface area contributed by atoms with E-state index in [0.717, 1.165) is 16.8 Å². The van der Waals surface area contributed by atoms with Crippen LogP contribution in [-0.2, 0) is 0 Å². The third-order valence-corrected chi connectivity index (χ3v) is 3.47. The second-order valence-electron chi connectivity index (χ2n) is 4.56. The van der Waals surface area contributed by atoms with Crippen molar-refractivity contribution >= 4 is 22.7 Å². The molecule has 1 aliphatic carbocycles. The summed E-state index contributed by atoms with van der Waals surface area (Å²) in [4.78, 5) is 4.24. The molecule has 0 spiro atoms. The minimum atomic E-state index is 0.574. The molecule has 0 radical (unpaired) electrons. The molecule has 5 heteroatoms. The summed E-state index contributed by atoms with van der Waals surface area (Å²) in [5.74, 6) is 0.762. The highest BCUT2D eigenvalue weighted by molar-refractivity contribution is 6.34. The maximum Gasteiger partial charge on any atom is 0.171 e. The average molecular weight is 260 g/mol. The summed E-state index contributed by atoms with van der Waals surface area (Å²) >= 11 is 6.07. The van der Waals surface area contributed by atoms with Gasteiger partial charge in [-0.3, -0.25) is 9.67 Å². The maximum atomic E-state index is 6.07. The van der Waals surface area contributed by atoms with Crippen LogP contribution in [0.1, 0.15) is 18.9 Å². The summed E-state index contributed by atoms with van der Waals surface area (Å²) in [5, 5.41) is 4.93. The lowest BCUT2D eigenvalue weighted by atomic mass is 10.3. The number of rotatable bonds is 2. The van der Waals surface area contributed by atoms with Crippen LogP contribution in [0.5, 0.6) is 0 Å². The van der Waals surface area contributed by atoms with Gasteiger partial charge in [-0.2, -0.15) is 5.10 Å². The highest BCUT2D eigenvalue weighted by Crippen LogP contribution is 2.36. The van der Waals surface area contributed by atoms with Crippen LogP contribution < -0.4 is 0 Å². The van der Waals surface area contributed by atoms with E-state index in [4.69, 9.17) is 16.0 Å². The highest BCUT2D eigenvalue weighted by atomic mass is 35.5. The summed E-state index contributed by atoms with van der Waals surface area (Å²) in [6.45, 7) is 0. The molecule has 4 nitrogen and oxygen atoms in total. The van der Waals surface area contributed by atoms with Gasteiger partial charge in [-0.1, -0.05) is 11.6 Å². The Morgan fingerprint density at radius 3 is 3.06 bits per heavy atom. The van der Waals surface area contributed by atoms with Gasteiger partial charge in [0.25, 0.3) is 0 Å². The van der Waals surface area contributed by atoms with Crippen molar-refractivity contribution in [2.24, 2.45) is 0 Å². The van der Waals surface area contributed by atoms with Crippen LogP contribution in [0, 0.1) is 0 Å². The smallest absolute Gasteiger partial charge is 0.171 e. The monoisotopic (exact) mass is 259 g/mol. The van der Waals surface area contributed by atoms with E-state index in [1.807, 2.05) is 23.1 Å². The molecule has 0 unspecified atom stereocenters. The summed E-state index contributed by atoms with van der Waals surface area (Å²) in [7, 11) is 0. The average Bonchev–Trinajstić information content (AvgIpc) is 2.93. The molecular weight excluding hydrogens is 250 g/mol. The molecule has 0 aliphatic heterocycles. The first-order chi connectivity index (χ1) is 8.81. The normalized spacial score (nSPS) is 15.4. The van der Waals surface area contributed by atoms with Crippen molar-refractivity contribution < 1.29 is 4.42 Å². The molecule has 0 bridgehead atoms. The Labute approximate surface area is 108 Å². The van der Waals surface area contributed by atoms with E-state index < -0.39 is 0 Å². The lowest BCUT2D eigenvalue weighted by Gasteiger charge is -1.93. The molecule has 0 saturated heterocycles. The molecule has 4 rings (SSSR count). The third kappa shape index (κ3) is 1.53. The standard InChI is InChI=1S/C13H10ClN3O/c14-10-3-4-15-11-5-12(18-13(10)11)8-6-16-17(7-8)9-1-2-9/h3-7,9H,1-2H2. The third-order valence-electron chi connectivity index (χ3n) is 3.17. The Morgan fingerprint density at radius 1 is 1.39 bits per heavy atom. The fraction of sp³-hybridized carbons (Fsp3) is 0.231. The van der Waals surface area contributed by atoms with Crippen molar-refractivity contribution in [2.75, 3.05) is 0 Å². The topological polar surface area (TPSA) is 43.9 Å². The molecule has 0 aromatic carbocycles. The lowest BCUT2D eigenvalue weighted by molar-refractivity contribution is 0.628. The van der Waals surface area contributed by atoms with Gasteiger partial charge in [0.2, 0.25) is 0 Å². The van der Waals surface area contributed by atoms with Gasteiger partial charge in [-0.25, -0.2) is 0 Å². The number of halogens is 1. The molecule has 1 fully saturated rings. The van der Waals surface area contributed by atoms with Crippen molar-refractivity contribution in [2.45, 2.75) is 18.9 Å². The van der Waals surface area contributed by atoms with Gasteiger partial charge in [-0.05, 0) is 18.9 Å². The molecule has 3 aromatic heterocycles. The first kappa shape index (κ1) is 10.1. The fourth-order valence-corrected chi connectivity index (χ4v) is 2.25. The van der Waals surface area contributed by atoms with E-state index in [1.54, 1.807) is 12.3 Å². The highest BCUT2D eigenvalue weighted by Gasteiger charge is 2.24. The van der Waals surface area contributed by atoms with Crippen LogP contribution in [0.15, 0.2) is 35.1 Å². The number of hydrogen-bond acceptors (Lipinski definition) is 3. The largest absolute Gasteiger partial charge is 0.453 e. The zero-order valence-electron chi connectivity index (χ0n) is 9.51. The second-order valence-corrected chi connectivity index (χ2v) is 4.97. The van der Waals surface area contributed by atoms with Crippen LogP contribution in [-0.4, -0.2) is 14.8 Å². The number of nitrogens with zero attached hydrogens (tertiary/aromatic N) is 3. The number of pyridine rings is 1. The van der Waals surface area contributed by atoms with Crippen LogP contribution >= 0.6 is 11.6 Å². The SMILES string of the molecule is Clc1ccnc2cc(-c3cnn(C4CC4)c3)oc12. The Bertz CT molecular complexity index is 727. The second kappa shape index (κ2) is 3.59. The number of furan rings is 1. The van der Waals surface area contributed by atoms with Crippen molar-refractivity contribution in [3.8, 4) is 11.3 Å². The predicted octanol–water partition coefficient (Wildman–Crippen LogP) is 3.68. The number of hydrogen-bond donors (Lipinski definition) is 0. The van der Waals surface area contributed by atoms with Gasteiger partial charge in [-0.15, -0.1) is 0 Å². The van der Waals surface area contributed by atoms with Crippen LogP contribution in [0.3, 0.4) is 0 Å². The minimum absolute atomic E-state index is 0.574. The van der Waals surface area contributed by atoms with E-state index in [9.17, 15) is 0 Å². The van der Waals surface area contributed by atoms with Gasteiger partial charge in [0.05, 0.1) is 22.8 Å². The zero-order chi connectivity index (χ0) is 12.1. The Hall–Kier alpha value is -1.81. The Morgan fingerprint density at radius 2 is 2.28 bits per heavy atom. The molecule has 3 aromatic rings. The molecule has 0 amide bonds. The molecule has 0 N–H and O–H groups in total. The summed E-state index contributed by atoms with van der Waals surface area (Å²) in [6.07, 6.45) is 7.95. The first-order valence-corrected chi connectivity index (χ1v) is 6.27. The number of aromatic nitrogens is 3. The predicted molar refractivity (Wildman–Crippen MR) is 68.5 cm³/mol. The van der Waals surface area contributed by atoms with Crippen LogP contribution in [0.2, 0.25) is 5.02 Å². The van der Waals surface area contributed by atoms with Crippen LogP contribution in [0.4, 0.5) is 0 Å². The fourth-order valence-electron chi connectivity index (χ4n) is 2.05. The summed E-state index contributed by atoms with van der Waals surface area (Å²) in [6, 6.07) is 4.20. The van der Waals surface area contributed by atoms with Gasteiger partial charge in [0.1, 0.15) is 11.3 Å². The van der Waals surface area contributed by atoms with Crippen molar-refractivity contribution in [1.29, 1.82) is 0 Å². The summed E-state index contributed by atoms with van der Waals surface area (Å²) in [5.41, 5.74) is 2.38. The molecular formula is C13H10ClN3O. The Kier molecular flexibility index (Phi) is 2.02.